The molecule has 1 heterocycles. The van der Waals surface area contributed by atoms with E-state index in [1.165, 1.54) is 17.0 Å². The van der Waals surface area contributed by atoms with Crippen LogP contribution in [0.5, 0.6) is 0 Å². The Morgan fingerprint density at radius 3 is 2.53 bits per heavy atom. The lowest BCUT2D eigenvalue weighted by Crippen LogP contribution is -2.38. The van der Waals surface area contributed by atoms with Crippen molar-refractivity contribution >= 4 is 29.0 Å². The molecule has 1 aromatic rings. The zero-order valence-electron chi connectivity index (χ0n) is 9.97. The van der Waals surface area contributed by atoms with Crippen molar-refractivity contribution in [3.63, 3.8) is 0 Å². The van der Waals surface area contributed by atoms with Crippen LogP contribution >= 0.6 is 11.6 Å². The molecule has 0 aromatic heterocycles. The maximum Gasteiger partial charge on any atom is 0.283 e. The van der Waals surface area contributed by atoms with E-state index in [4.69, 9.17) is 11.6 Å². The second-order valence-corrected chi connectivity index (χ2v) is 4.69. The van der Waals surface area contributed by atoms with E-state index in [2.05, 4.69) is 0 Å². The topological polar surface area (TPSA) is 80.5 Å². The number of rotatable bonds is 2. The molecule has 1 saturated heterocycles. The number of hydrogen-bond acceptors (Lipinski definition) is 4. The second kappa shape index (κ2) is 5.36. The fourth-order valence-electron chi connectivity index (χ4n) is 1.97. The summed E-state index contributed by atoms with van der Waals surface area (Å²) in [4.78, 5) is 35.1. The smallest absolute Gasteiger partial charge is 0.283 e. The Morgan fingerprint density at radius 1 is 1.32 bits per heavy atom. The third-order valence-corrected chi connectivity index (χ3v) is 3.23. The van der Waals surface area contributed by atoms with Gasteiger partial charge in [-0.2, -0.15) is 0 Å². The van der Waals surface area contributed by atoms with Crippen molar-refractivity contribution in [1.82, 2.24) is 4.90 Å². The van der Waals surface area contributed by atoms with Gasteiger partial charge in [0.1, 0.15) is 11.3 Å². The first-order valence-electron chi connectivity index (χ1n) is 5.74. The van der Waals surface area contributed by atoms with Crippen LogP contribution in [0.2, 0.25) is 5.02 Å². The van der Waals surface area contributed by atoms with Crippen molar-refractivity contribution in [3.8, 4) is 0 Å². The number of nitro benzene ring substituents is 1. The minimum absolute atomic E-state index is 0.00347. The fourth-order valence-corrected chi connectivity index (χ4v) is 2.13. The van der Waals surface area contributed by atoms with Crippen LogP contribution in [0.15, 0.2) is 18.2 Å². The van der Waals surface area contributed by atoms with Crippen molar-refractivity contribution in [2.45, 2.75) is 12.8 Å². The van der Waals surface area contributed by atoms with Gasteiger partial charge in [0.25, 0.3) is 11.6 Å². The van der Waals surface area contributed by atoms with Gasteiger partial charge in [-0.25, -0.2) is 0 Å². The summed E-state index contributed by atoms with van der Waals surface area (Å²) in [7, 11) is 0. The summed E-state index contributed by atoms with van der Waals surface area (Å²) < 4.78 is 0. The number of hydrogen-bond donors (Lipinski definition) is 0. The molecule has 1 aliphatic heterocycles. The zero-order valence-corrected chi connectivity index (χ0v) is 10.7. The predicted molar refractivity (Wildman–Crippen MR) is 68.3 cm³/mol. The van der Waals surface area contributed by atoms with Gasteiger partial charge in [0.15, 0.2) is 0 Å². The molecule has 7 heteroatoms. The Labute approximate surface area is 114 Å². The summed E-state index contributed by atoms with van der Waals surface area (Å²) in [5.74, 6) is -0.328. The minimum atomic E-state index is -0.631. The van der Waals surface area contributed by atoms with Gasteiger partial charge >= 0.3 is 0 Å². The lowest BCUT2D eigenvalue weighted by Gasteiger charge is -2.25. The summed E-state index contributed by atoms with van der Waals surface area (Å²) in [6.07, 6.45) is 0.597. The van der Waals surface area contributed by atoms with Gasteiger partial charge in [-0.1, -0.05) is 11.6 Å². The van der Waals surface area contributed by atoms with Gasteiger partial charge < -0.3 is 4.90 Å². The summed E-state index contributed by atoms with van der Waals surface area (Å²) in [5, 5.41) is 11.1. The highest BCUT2D eigenvalue weighted by atomic mass is 35.5. The molecule has 100 valence electrons. The molecule has 1 amide bonds. The lowest BCUT2D eigenvalue weighted by molar-refractivity contribution is -0.385. The first kappa shape index (κ1) is 13.5. The number of amides is 1. The van der Waals surface area contributed by atoms with E-state index in [0.29, 0.717) is 25.9 Å². The van der Waals surface area contributed by atoms with E-state index in [1.54, 1.807) is 0 Å². The summed E-state index contributed by atoms with van der Waals surface area (Å²) in [5.41, 5.74) is -0.307. The van der Waals surface area contributed by atoms with E-state index in [1.807, 2.05) is 0 Å². The van der Waals surface area contributed by atoms with Crippen molar-refractivity contribution in [2.75, 3.05) is 13.1 Å². The standard InChI is InChI=1S/C12H11ClN2O4/c13-8-1-2-10(11(7-8)15(18)19)12(17)14-5-3-9(16)4-6-14/h1-2,7H,3-6H2. The largest absolute Gasteiger partial charge is 0.338 e. The van der Waals surface area contributed by atoms with Gasteiger partial charge in [-0.3, -0.25) is 19.7 Å². The molecule has 0 N–H and O–H groups in total. The molecule has 1 fully saturated rings. The summed E-state index contributed by atoms with van der Waals surface area (Å²) in [6.45, 7) is 0.606. The molecule has 0 radical (unpaired) electrons. The number of ketones is 1. The summed E-state index contributed by atoms with van der Waals surface area (Å²) in [6, 6.07) is 3.94. The van der Waals surface area contributed by atoms with Crippen molar-refractivity contribution in [1.29, 1.82) is 0 Å². The second-order valence-electron chi connectivity index (χ2n) is 4.25. The average Bonchev–Trinajstić information content (AvgIpc) is 2.38. The highest BCUT2D eigenvalue weighted by Gasteiger charge is 2.27. The Kier molecular flexibility index (Phi) is 3.80. The molecule has 19 heavy (non-hydrogen) atoms. The van der Waals surface area contributed by atoms with Crippen LogP contribution in [-0.4, -0.2) is 34.6 Å². The monoisotopic (exact) mass is 282 g/mol. The molecule has 2 rings (SSSR count). The normalized spacial score (nSPS) is 15.4. The minimum Gasteiger partial charge on any atom is -0.338 e. The number of piperidine rings is 1. The number of likely N-dealkylation sites (tertiary alicyclic amines) is 1. The SMILES string of the molecule is O=C1CCN(C(=O)c2ccc(Cl)cc2[N+](=O)[O-])CC1. The van der Waals surface area contributed by atoms with Crippen LogP contribution < -0.4 is 0 Å². The van der Waals surface area contributed by atoms with Gasteiger partial charge in [0.05, 0.1) is 4.92 Å². The van der Waals surface area contributed by atoms with Crippen LogP contribution in [0.1, 0.15) is 23.2 Å². The Hall–Kier alpha value is -1.95. The number of halogens is 1. The molecular formula is C12H11ClN2O4. The van der Waals surface area contributed by atoms with Crippen LogP contribution in [0, 0.1) is 10.1 Å². The molecule has 0 saturated carbocycles. The third-order valence-electron chi connectivity index (χ3n) is 3.00. The molecule has 0 spiro atoms. The molecule has 0 atom stereocenters. The van der Waals surface area contributed by atoms with E-state index in [-0.39, 0.29) is 22.1 Å². The summed E-state index contributed by atoms with van der Waals surface area (Å²) >= 11 is 5.70. The molecule has 6 nitrogen and oxygen atoms in total. The van der Waals surface area contributed by atoms with Crippen molar-refractivity contribution < 1.29 is 14.5 Å². The van der Waals surface area contributed by atoms with Crippen LogP contribution in [0.3, 0.4) is 0 Å². The highest BCUT2D eigenvalue weighted by molar-refractivity contribution is 6.31. The van der Waals surface area contributed by atoms with Gasteiger partial charge in [-0.15, -0.1) is 0 Å². The zero-order chi connectivity index (χ0) is 14.0. The van der Waals surface area contributed by atoms with E-state index in [0.717, 1.165) is 6.07 Å². The van der Waals surface area contributed by atoms with E-state index in [9.17, 15) is 19.7 Å². The van der Waals surface area contributed by atoms with E-state index < -0.39 is 10.8 Å². The molecule has 0 aliphatic carbocycles. The average molecular weight is 283 g/mol. The number of Topliss-reactive ketones (excluding diaryl/α,β-unsaturated/α-hetero) is 1. The van der Waals surface area contributed by atoms with Gasteiger partial charge in [0, 0.05) is 37.0 Å². The molecule has 1 aromatic carbocycles. The fraction of sp³-hybridized carbons (Fsp3) is 0.333. The molecule has 0 unspecified atom stereocenters. The van der Waals surface area contributed by atoms with Crippen molar-refractivity contribution in [3.05, 3.63) is 38.9 Å². The maximum absolute atomic E-state index is 12.2. The first-order chi connectivity index (χ1) is 8.99. The van der Waals surface area contributed by atoms with Gasteiger partial charge in [0.2, 0.25) is 0 Å². The molecule has 1 aliphatic rings. The van der Waals surface area contributed by atoms with Crippen LogP contribution in [0.4, 0.5) is 5.69 Å². The Balaban J connectivity index is 2.28. The van der Waals surface area contributed by atoms with Crippen molar-refractivity contribution in [2.24, 2.45) is 0 Å². The van der Waals surface area contributed by atoms with E-state index >= 15 is 0 Å². The number of nitrogens with zero attached hydrogens (tertiary/aromatic N) is 2. The van der Waals surface area contributed by atoms with Gasteiger partial charge in [-0.05, 0) is 12.1 Å². The molecule has 0 bridgehead atoms. The number of benzene rings is 1. The number of carbonyl (C=O) groups is 2. The number of carbonyl (C=O) groups excluding carboxylic acids is 2. The highest BCUT2D eigenvalue weighted by Crippen LogP contribution is 2.25. The maximum atomic E-state index is 12.2. The lowest BCUT2D eigenvalue weighted by atomic mass is 10.1. The molecular weight excluding hydrogens is 272 g/mol. The third kappa shape index (κ3) is 2.90. The Bertz CT molecular complexity index is 549. The predicted octanol–water partition coefficient (Wildman–Crippen LogP) is 2.05. The first-order valence-corrected chi connectivity index (χ1v) is 6.12. The van der Waals surface area contributed by atoms with Crippen LogP contribution in [0.25, 0.3) is 0 Å². The van der Waals surface area contributed by atoms with Crippen LogP contribution in [-0.2, 0) is 4.79 Å². The number of nitro groups is 1. The quantitative estimate of drug-likeness (QED) is 0.614. The Morgan fingerprint density at radius 2 is 1.95 bits per heavy atom.